The highest BCUT2D eigenvalue weighted by Crippen LogP contribution is 2.08. The Kier molecular flexibility index (Phi) is 15.7. The van der Waals surface area contributed by atoms with Gasteiger partial charge in [-0.2, -0.15) is 0 Å². The molecule has 1 aromatic carbocycles. The second kappa shape index (κ2) is 16.4. The van der Waals surface area contributed by atoms with Crippen molar-refractivity contribution < 1.29 is 4.79 Å². The predicted molar refractivity (Wildman–Crippen MR) is 134 cm³/mol. The molecule has 29 heavy (non-hydrogen) atoms. The summed E-state index contributed by atoms with van der Waals surface area (Å²) >= 11 is 0. The lowest BCUT2D eigenvalue weighted by Gasteiger charge is -2.19. The Labute approximate surface area is 194 Å². The minimum atomic E-state index is 0. The first-order valence-electron chi connectivity index (χ1n) is 10.7. The van der Waals surface area contributed by atoms with Crippen molar-refractivity contribution in [3.05, 3.63) is 35.4 Å². The van der Waals surface area contributed by atoms with Crippen LogP contribution in [0.15, 0.2) is 29.3 Å². The Morgan fingerprint density at radius 3 is 2.00 bits per heavy atom. The second-order valence-electron chi connectivity index (χ2n) is 6.72. The predicted octanol–water partition coefficient (Wildman–Crippen LogP) is 3.46. The van der Waals surface area contributed by atoms with Gasteiger partial charge in [-0.1, -0.05) is 38.1 Å². The van der Waals surface area contributed by atoms with Gasteiger partial charge in [-0.3, -0.25) is 9.69 Å². The molecule has 0 unspecified atom stereocenters. The maximum Gasteiger partial charge on any atom is 0.224 e. The van der Waals surface area contributed by atoms with Gasteiger partial charge in [0.25, 0.3) is 0 Å². The number of benzene rings is 1. The molecule has 1 rings (SSSR count). The number of nitrogens with one attached hydrogen (secondary N) is 2. The first-order chi connectivity index (χ1) is 13.6. The van der Waals surface area contributed by atoms with E-state index in [0.29, 0.717) is 19.5 Å². The summed E-state index contributed by atoms with van der Waals surface area (Å²) in [6.45, 7) is 17.1. The van der Waals surface area contributed by atoms with Crippen molar-refractivity contribution in [1.82, 2.24) is 20.4 Å². The average Bonchev–Trinajstić information content (AvgIpc) is 2.72. The third-order valence-corrected chi connectivity index (χ3v) is 4.84. The number of rotatable bonds is 12. The second-order valence-corrected chi connectivity index (χ2v) is 6.72. The van der Waals surface area contributed by atoms with E-state index in [4.69, 9.17) is 0 Å². The van der Waals surface area contributed by atoms with Crippen LogP contribution in [0.25, 0.3) is 0 Å². The van der Waals surface area contributed by atoms with Crippen LogP contribution in [0.2, 0.25) is 0 Å². The summed E-state index contributed by atoms with van der Waals surface area (Å²) in [4.78, 5) is 21.0. The summed E-state index contributed by atoms with van der Waals surface area (Å²) in [5.74, 6) is 0.930. The molecule has 7 heteroatoms. The van der Waals surface area contributed by atoms with Crippen LogP contribution in [0.3, 0.4) is 0 Å². The van der Waals surface area contributed by atoms with Crippen LogP contribution in [0.5, 0.6) is 0 Å². The van der Waals surface area contributed by atoms with Gasteiger partial charge in [0.1, 0.15) is 0 Å². The van der Waals surface area contributed by atoms with Crippen molar-refractivity contribution in [2.75, 3.05) is 39.3 Å². The standard InChI is InChI=1S/C22H39N5O.HI/c1-6-23-22(24-16-15-21(28)27(9-4)10-5)25-17-19-11-13-20(14-12-19)18-26(7-2)8-3;/h11-14H,6-10,15-18H2,1-5H3,(H2,23,24,25);1H. The van der Waals surface area contributed by atoms with Gasteiger partial charge in [0.15, 0.2) is 5.96 Å². The van der Waals surface area contributed by atoms with E-state index < -0.39 is 0 Å². The Morgan fingerprint density at radius 1 is 0.897 bits per heavy atom. The van der Waals surface area contributed by atoms with Gasteiger partial charge in [-0.25, -0.2) is 4.99 Å². The van der Waals surface area contributed by atoms with E-state index in [1.165, 1.54) is 11.1 Å². The largest absolute Gasteiger partial charge is 0.357 e. The first kappa shape index (κ1) is 27.6. The minimum Gasteiger partial charge on any atom is -0.357 e. The molecule has 0 aliphatic heterocycles. The minimum absolute atomic E-state index is 0. The first-order valence-corrected chi connectivity index (χ1v) is 10.7. The molecule has 166 valence electrons. The van der Waals surface area contributed by atoms with E-state index >= 15 is 0 Å². The lowest BCUT2D eigenvalue weighted by atomic mass is 10.1. The smallest absolute Gasteiger partial charge is 0.224 e. The molecular weight excluding hydrogens is 477 g/mol. The van der Waals surface area contributed by atoms with E-state index in [-0.39, 0.29) is 29.9 Å². The zero-order valence-corrected chi connectivity index (χ0v) is 21.2. The third kappa shape index (κ3) is 10.8. The summed E-state index contributed by atoms with van der Waals surface area (Å²) in [5.41, 5.74) is 2.51. The summed E-state index contributed by atoms with van der Waals surface area (Å²) in [7, 11) is 0. The zero-order valence-electron chi connectivity index (χ0n) is 18.8. The van der Waals surface area contributed by atoms with E-state index in [9.17, 15) is 4.79 Å². The van der Waals surface area contributed by atoms with Crippen molar-refractivity contribution in [3.63, 3.8) is 0 Å². The highest BCUT2D eigenvalue weighted by atomic mass is 127. The van der Waals surface area contributed by atoms with Crippen molar-refractivity contribution in [1.29, 1.82) is 0 Å². The Balaban J connectivity index is 0.00000784. The van der Waals surface area contributed by atoms with Crippen LogP contribution >= 0.6 is 24.0 Å². The molecular formula is C22H40IN5O. The van der Waals surface area contributed by atoms with E-state index in [0.717, 1.165) is 45.2 Å². The number of hydrogen-bond donors (Lipinski definition) is 2. The Hall–Kier alpha value is -1.35. The topological polar surface area (TPSA) is 60.0 Å². The number of aliphatic imine (C=N–C) groups is 1. The van der Waals surface area contributed by atoms with Crippen molar-refractivity contribution >= 4 is 35.8 Å². The number of halogens is 1. The summed E-state index contributed by atoms with van der Waals surface area (Å²) in [5, 5.41) is 6.51. The molecule has 0 atom stereocenters. The summed E-state index contributed by atoms with van der Waals surface area (Å²) in [6.07, 6.45) is 0.478. The highest BCUT2D eigenvalue weighted by Gasteiger charge is 2.09. The van der Waals surface area contributed by atoms with Gasteiger partial charge in [0.05, 0.1) is 6.54 Å². The highest BCUT2D eigenvalue weighted by molar-refractivity contribution is 14.0. The molecule has 0 fully saturated rings. The monoisotopic (exact) mass is 517 g/mol. The van der Waals surface area contributed by atoms with Gasteiger partial charge in [-0.15, -0.1) is 24.0 Å². The van der Waals surface area contributed by atoms with Crippen LogP contribution in [0, 0.1) is 0 Å². The van der Waals surface area contributed by atoms with Crippen molar-refractivity contribution in [3.8, 4) is 0 Å². The van der Waals surface area contributed by atoms with Crippen molar-refractivity contribution in [2.24, 2.45) is 4.99 Å². The van der Waals surface area contributed by atoms with Gasteiger partial charge in [0.2, 0.25) is 5.91 Å². The fraction of sp³-hybridized carbons (Fsp3) is 0.636. The van der Waals surface area contributed by atoms with Gasteiger partial charge in [-0.05, 0) is 45.0 Å². The van der Waals surface area contributed by atoms with Crippen LogP contribution in [0.4, 0.5) is 0 Å². The number of hydrogen-bond acceptors (Lipinski definition) is 3. The van der Waals surface area contributed by atoms with Gasteiger partial charge >= 0.3 is 0 Å². The molecule has 0 aliphatic carbocycles. The summed E-state index contributed by atoms with van der Waals surface area (Å²) < 4.78 is 0. The normalized spacial score (nSPS) is 11.2. The molecule has 0 spiro atoms. The number of guanidine groups is 1. The van der Waals surface area contributed by atoms with Crippen LogP contribution in [0.1, 0.15) is 52.2 Å². The van der Waals surface area contributed by atoms with E-state index in [1.54, 1.807) is 0 Å². The average molecular weight is 518 g/mol. The number of carbonyl (C=O) groups is 1. The van der Waals surface area contributed by atoms with Crippen LogP contribution in [-0.4, -0.2) is 60.9 Å². The number of nitrogens with zero attached hydrogens (tertiary/aromatic N) is 3. The fourth-order valence-electron chi connectivity index (χ4n) is 2.99. The molecule has 0 saturated heterocycles. The van der Waals surface area contributed by atoms with Crippen molar-refractivity contribution in [2.45, 2.75) is 54.1 Å². The zero-order chi connectivity index (χ0) is 20.8. The Bertz CT molecular complexity index is 583. The van der Waals surface area contributed by atoms with Gasteiger partial charge in [0, 0.05) is 39.1 Å². The number of carbonyl (C=O) groups excluding carboxylic acids is 1. The molecule has 2 N–H and O–H groups in total. The fourth-order valence-corrected chi connectivity index (χ4v) is 2.99. The maximum atomic E-state index is 12.1. The summed E-state index contributed by atoms with van der Waals surface area (Å²) in [6, 6.07) is 8.67. The van der Waals surface area contributed by atoms with E-state index in [1.807, 2.05) is 25.7 Å². The Morgan fingerprint density at radius 2 is 1.48 bits per heavy atom. The number of amides is 1. The molecule has 0 bridgehead atoms. The molecule has 0 radical (unpaired) electrons. The van der Waals surface area contributed by atoms with Crippen LogP contribution in [-0.2, 0) is 17.9 Å². The maximum absolute atomic E-state index is 12.1. The lowest BCUT2D eigenvalue weighted by molar-refractivity contribution is -0.130. The lowest BCUT2D eigenvalue weighted by Crippen LogP contribution is -2.40. The molecule has 0 aliphatic rings. The SMILES string of the molecule is CCNC(=NCc1ccc(CN(CC)CC)cc1)NCCC(=O)N(CC)CC.I. The molecule has 1 amide bonds. The van der Waals surface area contributed by atoms with Gasteiger partial charge < -0.3 is 15.5 Å². The quantitative estimate of drug-likeness (QED) is 0.253. The molecule has 0 aromatic heterocycles. The molecule has 0 saturated carbocycles. The molecule has 1 aromatic rings. The third-order valence-electron chi connectivity index (χ3n) is 4.84. The molecule has 0 heterocycles. The van der Waals surface area contributed by atoms with E-state index in [2.05, 4.69) is 58.6 Å². The molecule has 6 nitrogen and oxygen atoms in total. The van der Waals surface area contributed by atoms with Crippen LogP contribution < -0.4 is 10.6 Å².